The molecule has 0 fully saturated rings. The van der Waals surface area contributed by atoms with Crippen LogP contribution in [-0.2, 0) is 0 Å². The maximum absolute atomic E-state index is 13.3. The summed E-state index contributed by atoms with van der Waals surface area (Å²) in [7, 11) is 0. The lowest BCUT2D eigenvalue weighted by Gasteiger charge is -1.99. The number of benzene rings is 2. The van der Waals surface area contributed by atoms with Gasteiger partial charge in [-0.25, -0.2) is 9.37 Å². The fraction of sp³-hybridized carbons (Fsp3) is 0.0526. The monoisotopic (exact) mass is 320 g/mol. The first-order valence-corrected chi connectivity index (χ1v) is 7.94. The molecule has 4 heteroatoms. The maximum atomic E-state index is 13.3. The van der Waals surface area contributed by atoms with Crippen LogP contribution in [0.2, 0.25) is 0 Å². The fourth-order valence-corrected chi connectivity index (χ4v) is 3.00. The lowest BCUT2D eigenvalue weighted by atomic mass is 10.1. The zero-order valence-electron chi connectivity index (χ0n) is 12.5. The van der Waals surface area contributed by atoms with E-state index in [2.05, 4.69) is 11.1 Å². The van der Waals surface area contributed by atoms with Crippen LogP contribution in [0.3, 0.4) is 0 Å². The molecule has 1 aromatic heterocycles. The summed E-state index contributed by atoms with van der Waals surface area (Å²) >= 11 is 1.43. The minimum absolute atomic E-state index is 0.249. The number of halogens is 1. The number of aryl methyl sites for hydroxylation is 1. The molecule has 0 radical (unpaired) electrons. The molecule has 0 N–H and O–H groups in total. The number of aromatic nitrogens is 1. The van der Waals surface area contributed by atoms with Crippen molar-refractivity contribution in [2.24, 2.45) is 0 Å². The lowest BCUT2D eigenvalue weighted by Crippen LogP contribution is -1.85. The van der Waals surface area contributed by atoms with E-state index in [1.54, 1.807) is 25.1 Å². The first-order valence-electron chi connectivity index (χ1n) is 7.06. The fourth-order valence-electron chi connectivity index (χ4n) is 2.21. The lowest BCUT2D eigenvalue weighted by molar-refractivity contribution is 0.618. The van der Waals surface area contributed by atoms with Crippen LogP contribution in [0.5, 0.6) is 0 Å². The maximum Gasteiger partial charge on any atom is 0.134 e. The summed E-state index contributed by atoms with van der Waals surface area (Å²) in [6, 6.07) is 16.8. The van der Waals surface area contributed by atoms with Gasteiger partial charge in [-0.1, -0.05) is 36.4 Å². The van der Waals surface area contributed by atoms with Crippen molar-refractivity contribution in [3.8, 4) is 17.3 Å². The van der Waals surface area contributed by atoms with Gasteiger partial charge in [-0.2, -0.15) is 5.26 Å². The van der Waals surface area contributed by atoms with E-state index >= 15 is 0 Å². The van der Waals surface area contributed by atoms with E-state index < -0.39 is 0 Å². The van der Waals surface area contributed by atoms with E-state index in [0.29, 0.717) is 16.1 Å². The molecule has 0 atom stereocenters. The van der Waals surface area contributed by atoms with Gasteiger partial charge in [0.25, 0.3) is 0 Å². The first kappa shape index (κ1) is 15.1. The number of thiazole rings is 1. The molecule has 0 unspecified atom stereocenters. The van der Waals surface area contributed by atoms with E-state index in [9.17, 15) is 9.65 Å². The molecule has 2 aromatic carbocycles. The Morgan fingerprint density at radius 3 is 2.70 bits per heavy atom. The quantitative estimate of drug-likeness (QED) is 0.612. The number of hydrogen-bond acceptors (Lipinski definition) is 3. The van der Waals surface area contributed by atoms with Crippen molar-refractivity contribution in [3.63, 3.8) is 0 Å². The van der Waals surface area contributed by atoms with Crippen molar-refractivity contribution in [2.45, 2.75) is 6.92 Å². The van der Waals surface area contributed by atoms with Crippen molar-refractivity contribution in [1.82, 2.24) is 4.98 Å². The van der Waals surface area contributed by atoms with Crippen molar-refractivity contribution >= 4 is 23.0 Å². The van der Waals surface area contributed by atoms with Gasteiger partial charge < -0.3 is 0 Å². The zero-order chi connectivity index (χ0) is 16.2. The van der Waals surface area contributed by atoms with Gasteiger partial charge in [-0.3, -0.25) is 0 Å². The summed E-state index contributed by atoms with van der Waals surface area (Å²) in [5, 5.41) is 12.0. The van der Waals surface area contributed by atoms with E-state index in [1.807, 2.05) is 35.7 Å². The van der Waals surface area contributed by atoms with Crippen molar-refractivity contribution in [2.75, 3.05) is 0 Å². The minimum Gasteiger partial charge on any atom is -0.235 e. The van der Waals surface area contributed by atoms with Crippen molar-refractivity contribution in [3.05, 3.63) is 75.9 Å². The summed E-state index contributed by atoms with van der Waals surface area (Å²) in [4.78, 5) is 4.54. The van der Waals surface area contributed by atoms with E-state index in [4.69, 9.17) is 0 Å². The minimum atomic E-state index is -0.249. The molecule has 1 heterocycles. The van der Waals surface area contributed by atoms with Gasteiger partial charge in [0.15, 0.2) is 0 Å². The molecule has 112 valence electrons. The molecule has 0 spiro atoms. The number of allylic oxidation sites excluding steroid dienone is 1. The molecule has 23 heavy (non-hydrogen) atoms. The molecule has 0 bridgehead atoms. The molecule has 0 aliphatic heterocycles. The van der Waals surface area contributed by atoms with E-state index in [1.165, 1.54) is 17.4 Å². The number of hydrogen-bond donors (Lipinski definition) is 0. The molecule has 0 saturated carbocycles. The van der Waals surface area contributed by atoms with Crippen LogP contribution >= 0.6 is 11.3 Å². The summed E-state index contributed by atoms with van der Waals surface area (Å²) in [6.07, 6.45) is 1.74. The molecular formula is C19H13FN2S. The second kappa shape index (κ2) is 6.55. The van der Waals surface area contributed by atoms with Crippen LogP contribution in [0.25, 0.3) is 22.9 Å². The van der Waals surface area contributed by atoms with Crippen molar-refractivity contribution < 1.29 is 4.39 Å². The van der Waals surface area contributed by atoms with Gasteiger partial charge in [0, 0.05) is 10.9 Å². The Hall–Kier alpha value is -2.77. The number of rotatable bonds is 3. The Bertz CT molecular complexity index is 905. The van der Waals surface area contributed by atoms with Gasteiger partial charge in [0.1, 0.15) is 16.9 Å². The highest BCUT2D eigenvalue weighted by Crippen LogP contribution is 2.27. The third-order valence-corrected chi connectivity index (χ3v) is 4.29. The highest BCUT2D eigenvalue weighted by molar-refractivity contribution is 7.11. The molecule has 0 aliphatic rings. The average molecular weight is 320 g/mol. The number of nitrogens with zero attached hydrogens (tertiary/aromatic N) is 2. The largest absolute Gasteiger partial charge is 0.235 e. The Morgan fingerprint density at radius 2 is 2.00 bits per heavy atom. The third kappa shape index (κ3) is 3.36. The average Bonchev–Trinajstić information content (AvgIpc) is 3.06. The Balaban J connectivity index is 1.96. The molecular weight excluding hydrogens is 307 g/mol. The van der Waals surface area contributed by atoms with Crippen molar-refractivity contribution in [1.29, 1.82) is 5.26 Å². The Kier molecular flexibility index (Phi) is 4.31. The second-order valence-corrected chi connectivity index (χ2v) is 5.94. The predicted molar refractivity (Wildman–Crippen MR) is 92.2 cm³/mol. The zero-order valence-corrected chi connectivity index (χ0v) is 13.3. The Morgan fingerprint density at radius 1 is 1.22 bits per heavy atom. The highest BCUT2D eigenvalue weighted by Gasteiger charge is 2.09. The van der Waals surface area contributed by atoms with E-state index in [-0.39, 0.29) is 5.82 Å². The number of nitriles is 1. The predicted octanol–water partition coefficient (Wildman–Crippen LogP) is 5.32. The summed E-state index contributed by atoms with van der Waals surface area (Å²) in [5.41, 5.74) is 3.69. The molecule has 0 amide bonds. The molecule has 2 nitrogen and oxygen atoms in total. The van der Waals surface area contributed by atoms with Crippen LogP contribution in [0.1, 0.15) is 16.1 Å². The van der Waals surface area contributed by atoms with Crippen LogP contribution < -0.4 is 0 Å². The first-order chi connectivity index (χ1) is 11.2. The Labute approximate surface area is 138 Å². The molecule has 3 aromatic rings. The van der Waals surface area contributed by atoms with Gasteiger partial charge in [0.05, 0.1) is 11.3 Å². The van der Waals surface area contributed by atoms with Crippen LogP contribution in [0, 0.1) is 24.1 Å². The van der Waals surface area contributed by atoms with Crippen LogP contribution in [0.15, 0.2) is 53.9 Å². The van der Waals surface area contributed by atoms with Crippen LogP contribution in [-0.4, -0.2) is 4.98 Å². The molecule has 3 rings (SSSR count). The SMILES string of the molecule is Cc1cc(/C=C(/C#N)c2nc(-c3ccccc3)cs2)ccc1F. The van der Waals surface area contributed by atoms with E-state index in [0.717, 1.165) is 16.8 Å². The van der Waals surface area contributed by atoms with Crippen LogP contribution in [0.4, 0.5) is 4.39 Å². The third-order valence-electron chi connectivity index (χ3n) is 3.42. The highest BCUT2D eigenvalue weighted by atomic mass is 32.1. The van der Waals surface area contributed by atoms with Gasteiger partial charge in [0.2, 0.25) is 0 Å². The summed E-state index contributed by atoms with van der Waals surface area (Å²) in [6.45, 7) is 1.70. The normalized spacial score (nSPS) is 11.3. The topological polar surface area (TPSA) is 36.7 Å². The summed E-state index contributed by atoms with van der Waals surface area (Å²) in [5.74, 6) is -0.249. The standard InChI is InChI=1S/C19H13FN2S/c1-13-9-14(7-8-17(13)20)10-16(11-21)19-22-18(12-23-19)15-5-3-2-4-6-15/h2-10,12H,1H3/b16-10-. The van der Waals surface area contributed by atoms with Gasteiger partial charge >= 0.3 is 0 Å². The second-order valence-electron chi connectivity index (χ2n) is 5.08. The molecule has 0 aliphatic carbocycles. The molecule has 0 saturated heterocycles. The smallest absolute Gasteiger partial charge is 0.134 e. The van der Waals surface area contributed by atoms with Gasteiger partial charge in [-0.05, 0) is 36.3 Å². The summed E-state index contributed by atoms with van der Waals surface area (Å²) < 4.78 is 13.3. The van der Waals surface area contributed by atoms with Gasteiger partial charge in [-0.15, -0.1) is 11.3 Å².